The highest BCUT2D eigenvalue weighted by molar-refractivity contribution is 6.23. The molecule has 2 fully saturated rings. The first-order valence-corrected chi connectivity index (χ1v) is 10.7. The highest BCUT2D eigenvalue weighted by Crippen LogP contribution is 2.56. The predicted molar refractivity (Wildman–Crippen MR) is 115 cm³/mol. The van der Waals surface area contributed by atoms with Gasteiger partial charge in [-0.1, -0.05) is 18.7 Å². The minimum Gasteiger partial charge on any atom is -0.508 e. The third kappa shape index (κ3) is 2.72. The SMILES string of the molecule is C=C1c2cccc(O)c2C(O)=C2C(=O)[C@]3(O)C(O)=C(C(N)=O)C(=O)C[C@@H]3[C@@H](OC(=O)C3CC3)[C@H]12. The average Bonchev–Trinajstić information content (AvgIpc) is 3.61. The van der Waals surface area contributed by atoms with Crippen molar-refractivity contribution in [3.63, 3.8) is 0 Å². The van der Waals surface area contributed by atoms with Gasteiger partial charge >= 0.3 is 5.97 Å². The summed E-state index contributed by atoms with van der Waals surface area (Å²) in [6.07, 6.45) is -0.841. The predicted octanol–water partition coefficient (Wildman–Crippen LogP) is 0.826. The van der Waals surface area contributed by atoms with Crippen LogP contribution in [0.1, 0.15) is 30.4 Å². The zero-order valence-corrected chi connectivity index (χ0v) is 17.8. The van der Waals surface area contributed by atoms with E-state index in [-0.39, 0.29) is 28.4 Å². The molecule has 6 N–H and O–H groups in total. The summed E-state index contributed by atoms with van der Waals surface area (Å²) in [5.41, 5.74) is 1.31. The van der Waals surface area contributed by atoms with Crippen LogP contribution in [0.25, 0.3) is 11.3 Å². The number of phenolic OH excluding ortho intramolecular Hbond substituents is 1. The van der Waals surface area contributed by atoms with Gasteiger partial charge in [-0.15, -0.1) is 0 Å². The van der Waals surface area contributed by atoms with Crippen molar-refractivity contribution in [1.82, 2.24) is 0 Å². The molecule has 0 aromatic heterocycles. The fourth-order valence-corrected chi connectivity index (χ4v) is 5.26. The summed E-state index contributed by atoms with van der Waals surface area (Å²) in [7, 11) is 0. The van der Waals surface area contributed by atoms with Gasteiger partial charge in [0.2, 0.25) is 5.78 Å². The number of amides is 1. The molecule has 0 aliphatic heterocycles. The van der Waals surface area contributed by atoms with Crippen LogP contribution in [-0.4, -0.2) is 55.6 Å². The Labute approximate surface area is 192 Å². The molecule has 0 spiro atoms. The number of nitrogens with two attached hydrogens (primary N) is 1. The van der Waals surface area contributed by atoms with Gasteiger partial charge in [0, 0.05) is 12.3 Å². The summed E-state index contributed by atoms with van der Waals surface area (Å²) in [6, 6.07) is 4.33. The topological polar surface area (TPSA) is 184 Å². The monoisotopic (exact) mass is 467 g/mol. The van der Waals surface area contributed by atoms with Crippen molar-refractivity contribution in [3.8, 4) is 5.75 Å². The molecule has 10 heteroatoms. The smallest absolute Gasteiger partial charge is 0.309 e. The van der Waals surface area contributed by atoms with Crippen LogP contribution in [0.4, 0.5) is 0 Å². The quantitative estimate of drug-likeness (QED) is 0.317. The first-order chi connectivity index (χ1) is 16.0. The van der Waals surface area contributed by atoms with E-state index in [2.05, 4.69) is 6.58 Å². The van der Waals surface area contributed by atoms with Crippen LogP contribution in [0, 0.1) is 17.8 Å². The number of benzene rings is 1. The van der Waals surface area contributed by atoms with Crippen molar-refractivity contribution < 1.29 is 44.3 Å². The maximum atomic E-state index is 13.7. The molecule has 0 unspecified atom stereocenters. The number of ketones is 2. The number of aliphatic hydroxyl groups is 3. The first kappa shape index (κ1) is 21.9. The van der Waals surface area contributed by atoms with E-state index in [9.17, 15) is 39.6 Å². The van der Waals surface area contributed by atoms with E-state index in [0.29, 0.717) is 12.8 Å². The molecule has 1 aromatic carbocycles. The van der Waals surface area contributed by atoms with Gasteiger partial charge in [0.25, 0.3) is 5.91 Å². The minimum atomic E-state index is -2.88. The molecule has 10 nitrogen and oxygen atoms in total. The van der Waals surface area contributed by atoms with Gasteiger partial charge in [0.15, 0.2) is 11.4 Å². The Bertz CT molecular complexity index is 1290. The maximum Gasteiger partial charge on any atom is 0.309 e. The largest absolute Gasteiger partial charge is 0.508 e. The number of aliphatic hydroxyl groups excluding tert-OH is 2. The molecule has 34 heavy (non-hydrogen) atoms. The van der Waals surface area contributed by atoms with Crippen LogP contribution in [0.15, 0.2) is 41.7 Å². The van der Waals surface area contributed by atoms with Crippen LogP contribution in [0.2, 0.25) is 0 Å². The first-order valence-electron chi connectivity index (χ1n) is 10.7. The third-order valence-electron chi connectivity index (χ3n) is 7.11. The average molecular weight is 467 g/mol. The summed E-state index contributed by atoms with van der Waals surface area (Å²) >= 11 is 0. The Morgan fingerprint density at radius 3 is 2.44 bits per heavy atom. The van der Waals surface area contributed by atoms with Gasteiger partial charge in [-0.25, -0.2) is 0 Å². The second-order valence-corrected chi connectivity index (χ2v) is 9.06. The fourth-order valence-electron chi connectivity index (χ4n) is 5.26. The highest BCUT2D eigenvalue weighted by Gasteiger charge is 2.66. The van der Waals surface area contributed by atoms with Crippen LogP contribution >= 0.6 is 0 Å². The number of primary amides is 1. The Kier molecular flexibility index (Phi) is 4.53. The molecule has 4 aliphatic rings. The summed E-state index contributed by atoms with van der Waals surface area (Å²) < 4.78 is 5.70. The zero-order valence-electron chi connectivity index (χ0n) is 17.8. The number of rotatable bonds is 3. The molecule has 1 aromatic rings. The van der Waals surface area contributed by atoms with Crippen molar-refractivity contribution in [3.05, 3.63) is 52.8 Å². The molecule has 0 heterocycles. The normalized spacial score (nSPS) is 30.5. The van der Waals surface area contributed by atoms with Crippen LogP contribution in [0.5, 0.6) is 5.75 Å². The van der Waals surface area contributed by atoms with Gasteiger partial charge in [0.05, 0.1) is 23.0 Å². The molecule has 5 rings (SSSR count). The minimum absolute atomic E-state index is 0.119. The van der Waals surface area contributed by atoms with Gasteiger partial charge in [-0.3, -0.25) is 19.2 Å². The summed E-state index contributed by atoms with van der Waals surface area (Å²) in [5, 5.41) is 43.7. The number of Topliss-reactive ketones (excluding diaryl/α,β-unsaturated/α-hetero) is 2. The van der Waals surface area contributed by atoms with E-state index in [4.69, 9.17) is 10.5 Å². The number of carbonyl (C=O) groups is 4. The lowest BCUT2D eigenvalue weighted by atomic mass is 9.57. The second kappa shape index (κ2) is 7.04. The fraction of sp³-hybridized carbons (Fsp3) is 0.333. The van der Waals surface area contributed by atoms with Crippen LogP contribution in [0.3, 0.4) is 0 Å². The molecule has 0 saturated heterocycles. The molecule has 0 bridgehead atoms. The summed E-state index contributed by atoms with van der Waals surface area (Å²) in [6.45, 7) is 3.99. The van der Waals surface area contributed by atoms with Gasteiger partial charge in [-0.2, -0.15) is 0 Å². The standard InChI is InChI=1S/C24H21NO9/c1-8-10-3-2-4-12(26)15(10)18(28)17-14(8)19(34-23(32)9-5-6-9)11-7-13(27)16(22(25)31)20(29)24(11,33)21(17)30/h2-4,9,11,14,19,26,28-29,33H,1,5-7H2,(H2,25,31)/t11-,14-,19-,24-/m1/s1. The van der Waals surface area contributed by atoms with Crippen molar-refractivity contribution in [1.29, 1.82) is 0 Å². The van der Waals surface area contributed by atoms with E-state index in [1.54, 1.807) is 6.07 Å². The molecule has 4 atom stereocenters. The highest BCUT2D eigenvalue weighted by atomic mass is 16.5. The maximum absolute atomic E-state index is 13.7. The van der Waals surface area contributed by atoms with E-state index in [1.165, 1.54) is 12.1 Å². The lowest BCUT2D eigenvalue weighted by Crippen LogP contribution is -2.64. The molecule has 4 aliphatic carbocycles. The molecule has 2 saturated carbocycles. The lowest BCUT2D eigenvalue weighted by molar-refractivity contribution is -0.175. The van der Waals surface area contributed by atoms with Crippen molar-refractivity contribution in [2.75, 3.05) is 0 Å². The van der Waals surface area contributed by atoms with Crippen LogP contribution in [-0.2, 0) is 23.9 Å². The number of ether oxygens (including phenoxy) is 1. The Balaban J connectivity index is 1.78. The molecule has 176 valence electrons. The third-order valence-corrected chi connectivity index (χ3v) is 7.11. The number of aromatic hydroxyl groups is 1. The Hall–Kier alpha value is -3.92. The van der Waals surface area contributed by atoms with Gasteiger partial charge in [0.1, 0.15) is 28.9 Å². The van der Waals surface area contributed by atoms with E-state index in [1.807, 2.05) is 0 Å². The summed E-state index contributed by atoms with van der Waals surface area (Å²) in [5.74, 6) is -9.45. The van der Waals surface area contributed by atoms with Crippen molar-refractivity contribution >= 4 is 34.8 Å². The van der Waals surface area contributed by atoms with E-state index < -0.39 is 76.1 Å². The molecular weight excluding hydrogens is 446 g/mol. The second-order valence-electron chi connectivity index (χ2n) is 9.06. The van der Waals surface area contributed by atoms with E-state index in [0.717, 1.165) is 0 Å². The number of esters is 1. The molecular formula is C24H21NO9. The number of hydrogen-bond donors (Lipinski definition) is 5. The number of fused-ring (bicyclic) bond motifs is 3. The Morgan fingerprint density at radius 2 is 1.82 bits per heavy atom. The molecule has 0 radical (unpaired) electrons. The van der Waals surface area contributed by atoms with Crippen molar-refractivity contribution in [2.45, 2.75) is 31.0 Å². The molecule has 1 amide bonds. The summed E-state index contributed by atoms with van der Waals surface area (Å²) in [4.78, 5) is 50.8. The Morgan fingerprint density at radius 1 is 1.15 bits per heavy atom. The van der Waals surface area contributed by atoms with E-state index >= 15 is 0 Å². The number of carbonyl (C=O) groups excluding carboxylic acids is 4. The van der Waals surface area contributed by atoms with Gasteiger partial charge < -0.3 is 30.9 Å². The van der Waals surface area contributed by atoms with Crippen LogP contribution < -0.4 is 5.73 Å². The van der Waals surface area contributed by atoms with Crippen molar-refractivity contribution in [2.24, 2.45) is 23.5 Å². The van der Waals surface area contributed by atoms with Gasteiger partial charge in [-0.05, 0) is 30.0 Å². The zero-order chi connectivity index (χ0) is 24.7. The number of phenols is 1. The number of hydrogen-bond acceptors (Lipinski definition) is 9. The lowest BCUT2D eigenvalue weighted by Gasteiger charge is -2.50.